The van der Waals surface area contributed by atoms with Gasteiger partial charge in [-0.2, -0.15) is 0 Å². The quantitative estimate of drug-likeness (QED) is 0.368. The zero-order chi connectivity index (χ0) is 22.8. The maximum atomic E-state index is 11.3. The lowest BCUT2D eigenvalue weighted by Crippen LogP contribution is -2.25. The molecule has 0 spiro atoms. The predicted octanol–water partition coefficient (Wildman–Crippen LogP) is 5.07. The van der Waals surface area contributed by atoms with Crippen LogP contribution in [0, 0.1) is 0 Å². The summed E-state index contributed by atoms with van der Waals surface area (Å²) in [6, 6.07) is 18.9. The summed E-state index contributed by atoms with van der Waals surface area (Å²) in [5.41, 5.74) is 2.52. The van der Waals surface area contributed by atoms with Crippen molar-refractivity contribution in [2.75, 3.05) is 26.2 Å². The number of rotatable bonds is 7. The van der Waals surface area contributed by atoms with Crippen molar-refractivity contribution in [1.82, 2.24) is 4.90 Å². The van der Waals surface area contributed by atoms with Gasteiger partial charge >= 0.3 is 0 Å². The van der Waals surface area contributed by atoms with Gasteiger partial charge in [0.25, 0.3) is 0 Å². The molecule has 0 amide bonds. The van der Waals surface area contributed by atoms with Crippen LogP contribution in [-0.4, -0.2) is 46.5 Å². The molecule has 0 bridgehead atoms. The number of furan rings is 1. The van der Waals surface area contributed by atoms with Crippen molar-refractivity contribution < 1.29 is 24.5 Å². The molecule has 4 aromatic rings. The van der Waals surface area contributed by atoms with E-state index in [-0.39, 0.29) is 11.5 Å². The standard InChI is InChI=1S/C27H27NO5/c29-20-7-3-19(4-8-20)27-25(23-12-9-21(30)17-24(23)33-27)26(31)18-5-10-22(11-6-18)32-16-15-28-13-1-2-14-28/h3-12,17,26,29-31H,1-2,13-16H2. The Bertz CT molecular complexity index is 1220. The SMILES string of the molecule is Oc1ccc(-c2oc3cc(O)ccc3c2C(O)c2ccc(OCCN3CCCC3)cc2)cc1. The minimum absolute atomic E-state index is 0.0879. The van der Waals surface area contributed by atoms with Crippen LogP contribution in [0.2, 0.25) is 0 Å². The van der Waals surface area contributed by atoms with Gasteiger partial charge in [-0.15, -0.1) is 0 Å². The molecule has 0 aliphatic carbocycles. The molecule has 3 aromatic carbocycles. The molecule has 0 saturated carbocycles. The summed E-state index contributed by atoms with van der Waals surface area (Å²) in [4.78, 5) is 2.41. The van der Waals surface area contributed by atoms with Crippen LogP contribution in [0.1, 0.15) is 30.1 Å². The Labute approximate surface area is 192 Å². The average molecular weight is 446 g/mol. The molecule has 1 saturated heterocycles. The van der Waals surface area contributed by atoms with Crippen LogP contribution in [0.3, 0.4) is 0 Å². The highest BCUT2D eigenvalue weighted by molar-refractivity contribution is 5.89. The fraction of sp³-hybridized carbons (Fsp3) is 0.259. The number of benzene rings is 3. The molecule has 1 aromatic heterocycles. The normalized spacial score (nSPS) is 15.2. The third kappa shape index (κ3) is 4.53. The minimum atomic E-state index is -0.946. The highest BCUT2D eigenvalue weighted by Crippen LogP contribution is 2.41. The molecule has 170 valence electrons. The van der Waals surface area contributed by atoms with E-state index in [1.54, 1.807) is 36.4 Å². The smallest absolute Gasteiger partial charge is 0.141 e. The lowest BCUT2D eigenvalue weighted by molar-refractivity contribution is 0.220. The molecular formula is C27H27NO5. The van der Waals surface area contributed by atoms with Gasteiger partial charge in [0.2, 0.25) is 0 Å². The van der Waals surface area contributed by atoms with Crippen molar-refractivity contribution in [2.24, 2.45) is 0 Å². The molecule has 1 aliphatic rings. The number of ether oxygens (including phenoxy) is 1. The molecule has 3 N–H and O–H groups in total. The second kappa shape index (κ2) is 9.17. The monoisotopic (exact) mass is 445 g/mol. The van der Waals surface area contributed by atoms with Gasteiger partial charge in [0.05, 0.1) is 0 Å². The fourth-order valence-corrected chi connectivity index (χ4v) is 4.42. The van der Waals surface area contributed by atoms with E-state index < -0.39 is 6.10 Å². The Balaban J connectivity index is 1.41. The van der Waals surface area contributed by atoms with E-state index in [4.69, 9.17) is 9.15 Å². The van der Waals surface area contributed by atoms with Crippen LogP contribution in [0.25, 0.3) is 22.3 Å². The second-order valence-corrected chi connectivity index (χ2v) is 8.44. The van der Waals surface area contributed by atoms with E-state index in [0.717, 1.165) is 30.9 Å². The van der Waals surface area contributed by atoms with Gasteiger partial charge < -0.3 is 24.5 Å². The van der Waals surface area contributed by atoms with E-state index in [0.29, 0.717) is 34.5 Å². The first-order chi connectivity index (χ1) is 16.1. The van der Waals surface area contributed by atoms with E-state index in [1.807, 2.05) is 24.3 Å². The topological polar surface area (TPSA) is 86.3 Å². The van der Waals surface area contributed by atoms with Gasteiger partial charge in [-0.1, -0.05) is 12.1 Å². The number of aliphatic hydroxyl groups excluding tert-OH is 1. The molecule has 1 atom stereocenters. The molecule has 1 aliphatic heterocycles. The van der Waals surface area contributed by atoms with E-state index in [2.05, 4.69) is 4.90 Å². The molecule has 1 unspecified atom stereocenters. The fourth-order valence-electron chi connectivity index (χ4n) is 4.42. The zero-order valence-corrected chi connectivity index (χ0v) is 18.3. The summed E-state index contributed by atoms with van der Waals surface area (Å²) in [6.07, 6.45) is 1.58. The molecule has 6 heteroatoms. The Morgan fingerprint density at radius 3 is 2.30 bits per heavy atom. The highest BCUT2D eigenvalue weighted by Gasteiger charge is 2.24. The maximum Gasteiger partial charge on any atom is 0.141 e. The Morgan fingerprint density at radius 1 is 0.879 bits per heavy atom. The van der Waals surface area contributed by atoms with Gasteiger partial charge in [-0.25, -0.2) is 0 Å². The summed E-state index contributed by atoms with van der Waals surface area (Å²) in [6.45, 7) is 3.86. The molecular weight excluding hydrogens is 418 g/mol. The lowest BCUT2D eigenvalue weighted by Gasteiger charge is -2.16. The van der Waals surface area contributed by atoms with Gasteiger partial charge in [0.15, 0.2) is 0 Å². The number of hydrogen-bond donors (Lipinski definition) is 3. The van der Waals surface area contributed by atoms with E-state index in [1.165, 1.54) is 18.9 Å². The number of phenols is 2. The van der Waals surface area contributed by atoms with Crippen LogP contribution >= 0.6 is 0 Å². The zero-order valence-electron chi connectivity index (χ0n) is 18.3. The maximum absolute atomic E-state index is 11.3. The van der Waals surface area contributed by atoms with Crippen molar-refractivity contribution in [3.05, 3.63) is 77.9 Å². The number of phenolic OH excluding ortho intramolecular Hbond substituents is 2. The number of fused-ring (bicyclic) bond motifs is 1. The van der Waals surface area contributed by atoms with Gasteiger partial charge in [-0.3, -0.25) is 4.90 Å². The summed E-state index contributed by atoms with van der Waals surface area (Å²) in [5.74, 6) is 1.50. The summed E-state index contributed by atoms with van der Waals surface area (Å²) < 4.78 is 11.9. The van der Waals surface area contributed by atoms with E-state index in [9.17, 15) is 15.3 Å². The third-order valence-corrected chi connectivity index (χ3v) is 6.19. The van der Waals surface area contributed by atoms with Gasteiger partial charge in [0.1, 0.15) is 41.3 Å². The van der Waals surface area contributed by atoms with Crippen molar-refractivity contribution in [1.29, 1.82) is 0 Å². The van der Waals surface area contributed by atoms with Crippen molar-refractivity contribution in [3.8, 4) is 28.6 Å². The molecule has 33 heavy (non-hydrogen) atoms. The van der Waals surface area contributed by atoms with Crippen LogP contribution in [-0.2, 0) is 0 Å². The van der Waals surface area contributed by atoms with Crippen LogP contribution < -0.4 is 4.74 Å². The first-order valence-electron chi connectivity index (χ1n) is 11.3. The third-order valence-electron chi connectivity index (χ3n) is 6.19. The Hall–Kier alpha value is -3.48. The minimum Gasteiger partial charge on any atom is -0.508 e. The first kappa shape index (κ1) is 21.4. The Morgan fingerprint density at radius 2 is 1.58 bits per heavy atom. The van der Waals surface area contributed by atoms with Crippen molar-refractivity contribution >= 4 is 11.0 Å². The molecule has 6 nitrogen and oxygen atoms in total. The first-order valence-corrected chi connectivity index (χ1v) is 11.3. The lowest BCUT2D eigenvalue weighted by atomic mass is 9.96. The summed E-state index contributed by atoms with van der Waals surface area (Å²) >= 11 is 0. The Kier molecular flexibility index (Phi) is 5.94. The molecule has 1 fully saturated rings. The largest absolute Gasteiger partial charge is 0.508 e. The van der Waals surface area contributed by atoms with Crippen LogP contribution in [0.5, 0.6) is 17.2 Å². The summed E-state index contributed by atoms with van der Waals surface area (Å²) in [7, 11) is 0. The van der Waals surface area contributed by atoms with E-state index >= 15 is 0 Å². The highest BCUT2D eigenvalue weighted by atomic mass is 16.5. The van der Waals surface area contributed by atoms with Crippen LogP contribution in [0.4, 0.5) is 0 Å². The van der Waals surface area contributed by atoms with Crippen molar-refractivity contribution in [2.45, 2.75) is 18.9 Å². The predicted molar refractivity (Wildman–Crippen MR) is 127 cm³/mol. The molecule has 0 radical (unpaired) electrons. The second-order valence-electron chi connectivity index (χ2n) is 8.44. The van der Waals surface area contributed by atoms with Gasteiger partial charge in [-0.05, 0) is 80.0 Å². The van der Waals surface area contributed by atoms with Crippen molar-refractivity contribution in [3.63, 3.8) is 0 Å². The van der Waals surface area contributed by atoms with Gasteiger partial charge in [0, 0.05) is 29.1 Å². The number of aromatic hydroxyl groups is 2. The number of hydrogen-bond acceptors (Lipinski definition) is 6. The van der Waals surface area contributed by atoms with Crippen LogP contribution in [0.15, 0.2) is 71.1 Å². The molecule has 2 heterocycles. The summed E-state index contributed by atoms with van der Waals surface area (Å²) in [5, 5.41) is 31.6. The number of nitrogens with zero attached hydrogens (tertiary/aromatic N) is 1. The number of likely N-dealkylation sites (tertiary alicyclic amines) is 1. The average Bonchev–Trinajstić information content (AvgIpc) is 3.47. The number of aliphatic hydroxyl groups is 1. The molecule has 5 rings (SSSR count).